The maximum Gasteiger partial charge on any atom is 0.165 e. The Morgan fingerprint density at radius 3 is 2.60 bits per heavy atom. The Balaban J connectivity index is 1.86. The number of allylic oxidation sites excluding steroid dienone is 1. The highest BCUT2D eigenvalue weighted by Crippen LogP contribution is 2.54. The average Bonchev–Trinajstić information content (AvgIpc) is 2.60. The Kier molecular flexibility index (Phi) is 4.07. The van der Waals surface area contributed by atoms with E-state index >= 15 is 0 Å². The van der Waals surface area contributed by atoms with Crippen molar-refractivity contribution >= 4 is 11.6 Å². The van der Waals surface area contributed by atoms with Crippen molar-refractivity contribution in [1.82, 2.24) is 0 Å². The van der Waals surface area contributed by atoms with Gasteiger partial charge in [0.1, 0.15) is 5.82 Å². The Morgan fingerprint density at radius 1 is 1.12 bits per heavy atom. The molecule has 0 amide bonds. The maximum absolute atomic E-state index is 14.8. The summed E-state index contributed by atoms with van der Waals surface area (Å²) in [5.41, 5.74) is 2.14. The van der Waals surface area contributed by atoms with Gasteiger partial charge in [-0.1, -0.05) is 35.9 Å². The van der Waals surface area contributed by atoms with Gasteiger partial charge >= 0.3 is 0 Å². The maximum atomic E-state index is 14.8. The Morgan fingerprint density at radius 2 is 1.84 bits per heavy atom. The van der Waals surface area contributed by atoms with Crippen LogP contribution in [0.25, 0.3) is 0 Å². The minimum absolute atomic E-state index is 0.0812. The van der Waals surface area contributed by atoms with Crippen LogP contribution < -0.4 is 4.74 Å². The van der Waals surface area contributed by atoms with Crippen molar-refractivity contribution in [1.29, 1.82) is 0 Å². The number of hydrogen-bond donors (Lipinski definition) is 0. The fraction of sp³-hybridized carbons (Fsp3) is 0.333. The van der Waals surface area contributed by atoms with Crippen LogP contribution in [0.4, 0.5) is 8.78 Å². The Labute approximate surface area is 151 Å². The first-order valence-corrected chi connectivity index (χ1v) is 8.90. The van der Waals surface area contributed by atoms with Crippen molar-refractivity contribution < 1.29 is 13.5 Å². The van der Waals surface area contributed by atoms with Crippen LogP contribution in [-0.4, -0.2) is 6.61 Å². The van der Waals surface area contributed by atoms with Crippen LogP contribution in [0.5, 0.6) is 5.75 Å². The molecule has 0 spiro atoms. The lowest BCUT2D eigenvalue weighted by atomic mass is 9.58. The zero-order valence-electron chi connectivity index (χ0n) is 13.8. The third-order valence-electron chi connectivity index (χ3n) is 5.66. The molecule has 130 valence electrons. The van der Waals surface area contributed by atoms with Crippen molar-refractivity contribution in [3.05, 3.63) is 76.3 Å². The predicted octanol–water partition coefficient (Wildman–Crippen LogP) is 5.85. The topological polar surface area (TPSA) is 9.23 Å². The van der Waals surface area contributed by atoms with Gasteiger partial charge < -0.3 is 4.74 Å². The summed E-state index contributed by atoms with van der Waals surface area (Å²) in [6.45, 7) is 4.50. The minimum atomic E-state index is -0.491. The molecule has 1 aliphatic carbocycles. The van der Waals surface area contributed by atoms with E-state index in [2.05, 4.69) is 6.58 Å². The van der Waals surface area contributed by atoms with Gasteiger partial charge in [0.2, 0.25) is 0 Å². The monoisotopic (exact) mass is 360 g/mol. The van der Waals surface area contributed by atoms with Gasteiger partial charge in [0.25, 0.3) is 0 Å². The molecule has 2 aromatic carbocycles. The number of rotatable bonds is 2. The lowest BCUT2D eigenvalue weighted by molar-refractivity contribution is 0.0951. The normalized spacial score (nSPS) is 25.1. The first-order valence-electron chi connectivity index (χ1n) is 8.52. The van der Waals surface area contributed by atoms with Crippen molar-refractivity contribution in [3.8, 4) is 5.75 Å². The highest BCUT2D eigenvalue weighted by Gasteiger charge is 2.49. The second kappa shape index (κ2) is 6.14. The smallest absolute Gasteiger partial charge is 0.165 e. The number of ether oxygens (including phenoxy) is 1. The molecule has 1 fully saturated rings. The van der Waals surface area contributed by atoms with Crippen LogP contribution in [0.3, 0.4) is 0 Å². The van der Waals surface area contributed by atoms with E-state index in [1.54, 1.807) is 0 Å². The summed E-state index contributed by atoms with van der Waals surface area (Å²) in [6, 6.07) is 9.96. The summed E-state index contributed by atoms with van der Waals surface area (Å²) in [7, 11) is 0. The van der Waals surface area contributed by atoms with Crippen molar-refractivity contribution in [2.24, 2.45) is 5.92 Å². The van der Waals surface area contributed by atoms with E-state index in [9.17, 15) is 8.78 Å². The lowest BCUT2D eigenvalue weighted by Gasteiger charge is -2.49. The second-order valence-corrected chi connectivity index (χ2v) is 7.59. The lowest BCUT2D eigenvalue weighted by Crippen LogP contribution is -2.47. The van der Waals surface area contributed by atoms with Crippen molar-refractivity contribution in [2.45, 2.75) is 31.1 Å². The van der Waals surface area contributed by atoms with Gasteiger partial charge in [-0.3, -0.25) is 0 Å². The molecule has 0 N–H and O–H groups in total. The van der Waals surface area contributed by atoms with E-state index in [1.807, 2.05) is 24.3 Å². The van der Waals surface area contributed by atoms with E-state index in [1.165, 1.54) is 6.07 Å². The Bertz CT molecular complexity index is 831. The van der Waals surface area contributed by atoms with Crippen LogP contribution >= 0.6 is 11.6 Å². The number of benzene rings is 2. The minimum Gasteiger partial charge on any atom is -0.490 e. The fourth-order valence-corrected chi connectivity index (χ4v) is 4.53. The van der Waals surface area contributed by atoms with Crippen LogP contribution in [-0.2, 0) is 11.8 Å². The van der Waals surface area contributed by atoms with E-state index in [0.717, 1.165) is 36.5 Å². The largest absolute Gasteiger partial charge is 0.490 e. The standard InChI is InChI=1S/C21H19ClF2O/c1-13-8-9-21(11-14-2-4-16(22)5-3-14)15(10-13)12-25-20-18(24)7-6-17(23)19(20)21/h2-7,15H,1,8-12H2/t15-,21+/m1/s1. The molecule has 2 atom stereocenters. The highest BCUT2D eigenvalue weighted by atomic mass is 35.5. The van der Waals surface area contributed by atoms with E-state index in [4.69, 9.17) is 16.3 Å². The number of fused-ring (bicyclic) bond motifs is 3. The first kappa shape index (κ1) is 16.6. The summed E-state index contributed by atoms with van der Waals surface area (Å²) < 4.78 is 34.8. The predicted molar refractivity (Wildman–Crippen MR) is 95.2 cm³/mol. The van der Waals surface area contributed by atoms with Crippen LogP contribution in [0.1, 0.15) is 30.4 Å². The molecule has 0 saturated heterocycles. The molecule has 1 nitrogen and oxygen atoms in total. The van der Waals surface area contributed by atoms with Crippen molar-refractivity contribution in [2.75, 3.05) is 6.61 Å². The zero-order valence-corrected chi connectivity index (χ0v) is 14.6. The summed E-state index contributed by atoms with van der Waals surface area (Å²) >= 11 is 6.00. The quantitative estimate of drug-likeness (QED) is 0.610. The van der Waals surface area contributed by atoms with Gasteiger partial charge in [-0.15, -0.1) is 0 Å². The van der Waals surface area contributed by atoms with E-state index in [-0.39, 0.29) is 17.5 Å². The third kappa shape index (κ3) is 2.75. The zero-order chi connectivity index (χ0) is 17.6. The molecular weight excluding hydrogens is 342 g/mol. The molecule has 0 bridgehead atoms. The fourth-order valence-electron chi connectivity index (χ4n) is 4.41. The molecule has 25 heavy (non-hydrogen) atoms. The van der Waals surface area contributed by atoms with Gasteiger partial charge in [0, 0.05) is 21.9 Å². The summed E-state index contributed by atoms with van der Waals surface area (Å²) in [5, 5.41) is 0.666. The molecule has 1 heterocycles. The highest BCUT2D eigenvalue weighted by molar-refractivity contribution is 6.30. The summed E-state index contributed by atoms with van der Waals surface area (Å²) in [5.74, 6) is -0.705. The molecule has 0 aromatic heterocycles. The average molecular weight is 361 g/mol. The second-order valence-electron chi connectivity index (χ2n) is 7.15. The van der Waals surface area contributed by atoms with Gasteiger partial charge in [-0.2, -0.15) is 0 Å². The van der Waals surface area contributed by atoms with Crippen LogP contribution in [0.15, 0.2) is 48.6 Å². The molecule has 0 radical (unpaired) electrons. The third-order valence-corrected chi connectivity index (χ3v) is 5.91. The number of hydrogen-bond acceptors (Lipinski definition) is 1. The van der Waals surface area contributed by atoms with E-state index in [0.29, 0.717) is 23.6 Å². The molecule has 0 unspecified atom stereocenters. The molecule has 4 rings (SSSR count). The van der Waals surface area contributed by atoms with Gasteiger partial charge in [0.05, 0.1) is 6.61 Å². The van der Waals surface area contributed by atoms with E-state index < -0.39 is 11.2 Å². The van der Waals surface area contributed by atoms with Gasteiger partial charge in [-0.05, 0) is 55.5 Å². The molecule has 1 aliphatic heterocycles. The summed E-state index contributed by atoms with van der Waals surface area (Å²) in [6.07, 6.45) is 2.98. The first-order chi connectivity index (χ1) is 12.0. The molecule has 2 aliphatic rings. The Hall–Kier alpha value is -1.87. The number of halogens is 3. The van der Waals surface area contributed by atoms with Crippen molar-refractivity contribution in [3.63, 3.8) is 0 Å². The SMILES string of the molecule is C=C1CC[C@@]2(Cc3ccc(Cl)cc3)c3c(F)ccc(F)c3OC[C@H]2C1. The van der Waals surface area contributed by atoms with Crippen LogP contribution in [0, 0.1) is 17.6 Å². The molecule has 4 heteroatoms. The molecular formula is C21H19ClF2O. The molecule has 2 aromatic rings. The summed E-state index contributed by atoms with van der Waals surface area (Å²) in [4.78, 5) is 0. The van der Waals surface area contributed by atoms with Gasteiger partial charge in [-0.25, -0.2) is 8.78 Å². The van der Waals surface area contributed by atoms with Gasteiger partial charge in [0.15, 0.2) is 11.6 Å². The van der Waals surface area contributed by atoms with Crippen LogP contribution in [0.2, 0.25) is 5.02 Å². The molecule has 1 saturated carbocycles.